The number of rotatable bonds is 6. The van der Waals surface area contributed by atoms with Crippen molar-refractivity contribution >= 4 is 40.8 Å². The van der Waals surface area contributed by atoms with Gasteiger partial charge in [-0.05, 0) is 36.8 Å². The first kappa shape index (κ1) is 18.5. The van der Waals surface area contributed by atoms with Crippen LogP contribution in [0, 0.1) is 0 Å². The predicted octanol–water partition coefficient (Wildman–Crippen LogP) is 4.63. The Kier molecular flexibility index (Phi) is 5.69. The Labute approximate surface area is 161 Å². The lowest BCUT2D eigenvalue weighted by molar-refractivity contribution is -0.136. The Balaban J connectivity index is 2.11. The maximum atomic E-state index is 13.0. The maximum Gasteiger partial charge on any atom is 0.268 e. The number of hydrogen-bond acceptors (Lipinski definition) is 4. The molecule has 26 heavy (non-hydrogen) atoms. The second kappa shape index (κ2) is 7.98. The highest BCUT2D eigenvalue weighted by atomic mass is 35.5. The summed E-state index contributed by atoms with van der Waals surface area (Å²) < 4.78 is 5.41. The van der Waals surface area contributed by atoms with Crippen molar-refractivity contribution in [3.8, 4) is 5.75 Å². The van der Waals surface area contributed by atoms with Crippen LogP contribution in [-0.4, -0.2) is 30.4 Å². The first-order chi connectivity index (χ1) is 12.6. The van der Waals surface area contributed by atoms with Crippen LogP contribution in [0.3, 0.4) is 0 Å². The summed E-state index contributed by atoms with van der Waals surface area (Å²) >= 11 is 7.22. The van der Waals surface area contributed by atoms with E-state index in [4.69, 9.17) is 16.3 Å². The Morgan fingerprint density at radius 1 is 1.04 bits per heavy atom. The number of thioether (sulfide) groups is 1. The van der Waals surface area contributed by atoms with Crippen LogP contribution in [0.4, 0.5) is 0 Å². The first-order valence-corrected chi connectivity index (χ1v) is 9.43. The number of amides is 2. The van der Waals surface area contributed by atoms with Crippen molar-refractivity contribution in [1.29, 1.82) is 0 Å². The van der Waals surface area contributed by atoms with Crippen LogP contribution in [0.1, 0.15) is 18.9 Å². The highest BCUT2D eigenvalue weighted by Gasteiger charge is 2.39. The molecule has 1 aliphatic rings. The van der Waals surface area contributed by atoms with Gasteiger partial charge in [0.05, 0.1) is 17.6 Å². The lowest BCUT2D eigenvalue weighted by Crippen LogP contribution is -2.32. The third-order valence-corrected chi connectivity index (χ3v) is 5.33. The average Bonchev–Trinajstić information content (AvgIpc) is 2.88. The van der Waals surface area contributed by atoms with E-state index in [0.29, 0.717) is 39.8 Å². The van der Waals surface area contributed by atoms with Crippen molar-refractivity contribution in [3.05, 3.63) is 64.0 Å². The van der Waals surface area contributed by atoms with E-state index < -0.39 is 0 Å². The monoisotopic (exact) mass is 387 g/mol. The molecule has 3 rings (SSSR count). The third kappa shape index (κ3) is 3.50. The summed E-state index contributed by atoms with van der Waals surface area (Å²) in [6.45, 7) is 2.33. The summed E-state index contributed by atoms with van der Waals surface area (Å²) in [5.74, 6) is 0.0201. The number of benzene rings is 2. The fourth-order valence-electron chi connectivity index (χ4n) is 2.78. The van der Waals surface area contributed by atoms with Gasteiger partial charge in [-0.25, -0.2) is 0 Å². The lowest BCUT2D eigenvalue weighted by Gasteiger charge is -2.14. The number of carbonyl (C=O) groups excluding carboxylic acids is 2. The van der Waals surface area contributed by atoms with Crippen LogP contribution in [0.15, 0.2) is 58.3 Å². The van der Waals surface area contributed by atoms with Gasteiger partial charge in [-0.3, -0.25) is 14.5 Å². The van der Waals surface area contributed by atoms with Gasteiger partial charge in [0.25, 0.3) is 11.8 Å². The van der Waals surface area contributed by atoms with E-state index in [0.717, 1.165) is 4.90 Å². The molecule has 2 aromatic carbocycles. The molecule has 0 aliphatic carbocycles. The summed E-state index contributed by atoms with van der Waals surface area (Å²) in [7, 11) is 1.55. The average molecular weight is 388 g/mol. The van der Waals surface area contributed by atoms with Gasteiger partial charge in [0.2, 0.25) is 0 Å². The van der Waals surface area contributed by atoms with Crippen molar-refractivity contribution in [2.24, 2.45) is 0 Å². The quantitative estimate of drug-likeness (QED) is 0.678. The number of methoxy groups -OCH3 is 1. The smallest absolute Gasteiger partial charge is 0.268 e. The Bertz CT molecular complexity index is 877. The Morgan fingerprint density at radius 2 is 1.73 bits per heavy atom. The van der Waals surface area contributed by atoms with Crippen LogP contribution in [0.2, 0.25) is 5.02 Å². The zero-order valence-corrected chi connectivity index (χ0v) is 16.1. The highest BCUT2D eigenvalue weighted by molar-refractivity contribution is 8.04. The van der Waals surface area contributed by atoms with Crippen molar-refractivity contribution < 1.29 is 14.3 Å². The zero-order chi connectivity index (χ0) is 18.7. The van der Waals surface area contributed by atoms with Crippen LogP contribution >= 0.6 is 23.4 Å². The number of ether oxygens (including phenoxy) is 1. The fourth-order valence-corrected chi connectivity index (χ4v) is 3.92. The molecule has 0 aromatic heterocycles. The molecule has 0 spiro atoms. The molecule has 1 aliphatic heterocycles. The van der Waals surface area contributed by atoms with E-state index >= 15 is 0 Å². The van der Waals surface area contributed by atoms with E-state index in [1.54, 1.807) is 31.4 Å². The SMILES string of the molecule is CCCN1C(=O)C(Sc2ccc(Cl)cc2)=C(c2ccccc2OC)C1=O. The number of carbonyl (C=O) groups is 2. The molecule has 0 fully saturated rings. The normalized spacial score (nSPS) is 14.3. The van der Waals surface area contributed by atoms with Gasteiger partial charge in [0, 0.05) is 22.0 Å². The summed E-state index contributed by atoms with van der Waals surface area (Å²) in [6, 6.07) is 14.4. The minimum absolute atomic E-state index is 0.266. The first-order valence-electron chi connectivity index (χ1n) is 8.24. The summed E-state index contributed by atoms with van der Waals surface area (Å²) in [4.78, 5) is 28.5. The molecule has 0 N–H and O–H groups in total. The van der Waals surface area contributed by atoms with Crippen LogP contribution in [0.5, 0.6) is 5.75 Å². The molecule has 0 bridgehead atoms. The summed E-state index contributed by atoms with van der Waals surface area (Å²) in [5.41, 5.74) is 1.02. The number of para-hydroxylation sites is 1. The predicted molar refractivity (Wildman–Crippen MR) is 104 cm³/mol. The van der Waals surface area contributed by atoms with Crippen molar-refractivity contribution in [3.63, 3.8) is 0 Å². The van der Waals surface area contributed by atoms with Gasteiger partial charge < -0.3 is 4.74 Å². The lowest BCUT2D eigenvalue weighted by atomic mass is 10.1. The highest BCUT2D eigenvalue weighted by Crippen LogP contribution is 2.42. The number of imide groups is 1. The second-order valence-corrected chi connectivity index (χ2v) is 7.24. The minimum atomic E-state index is -0.280. The molecule has 0 radical (unpaired) electrons. The van der Waals surface area contributed by atoms with Gasteiger partial charge >= 0.3 is 0 Å². The van der Waals surface area contributed by atoms with Gasteiger partial charge in [-0.15, -0.1) is 0 Å². The molecular weight excluding hydrogens is 370 g/mol. The summed E-state index contributed by atoms with van der Waals surface area (Å²) in [6.07, 6.45) is 0.704. The molecular formula is C20H18ClNO3S. The van der Waals surface area contributed by atoms with Crippen LogP contribution in [-0.2, 0) is 9.59 Å². The van der Waals surface area contributed by atoms with Gasteiger partial charge in [0.1, 0.15) is 5.75 Å². The number of halogens is 1. The molecule has 0 atom stereocenters. The van der Waals surface area contributed by atoms with E-state index in [9.17, 15) is 9.59 Å². The van der Waals surface area contributed by atoms with E-state index in [1.165, 1.54) is 16.7 Å². The van der Waals surface area contributed by atoms with Crippen molar-refractivity contribution in [1.82, 2.24) is 4.90 Å². The second-order valence-electron chi connectivity index (χ2n) is 5.72. The zero-order valence-electron chi connectivity index (χ0n) is 14.5. The summed E-state index contributed by atoms with van der Waals surface area (Å²) in [5, 5.41) is 0.620. The minimum Gasteiger partial charge on any atom is -0.496 e. The number of hydrogen-bond donors (Lipinski definition) is 0. The topological polar surface area (TPSA) is 46.6 Å². The molecule has 0 saturated carbocycles. The van der Waals surface area contributed by atoms with Gasteiger partial charge in [-0.2, -0.15) is 0 Å². The Morgan fingerprint density at radius 3 is 2.38 bits per heavy atom. The molecule has 4 nitrogen and oxygen atoms in total. The van der Waals surface area contributed by atoms with E-state index in [1.807, 2.05) is 31.2 Å². The number of nitrogens with zero attached hydrogens (tertiary/aromatic N) is 1. The molecule has 2 aromatic rings. The largest absolute Gasteiger partial charge is 0.496 e. The third-order valence-electron chi connectivity index (χ3n) is 3.98. The molecule has 134 valence electrons. The van der Waals surface area contributed by atoms with E-state index in [-0.39, 0.29) is 11.8 Å². The molecule has 2 amide bonds. The van der Waals surface area contributed by atoms with Crippen molar-refractivity contribution in [2.75, 3.05) is 13.7 Å². The maximum absolute atomic E-state index is 13.0. The standard InChI is InChI=1S/C20H18ClNO3S/c1-3-12-22-19(23)17(15-6-4-5-7-16(15)25-2)18(20(22)24)26-14-10-8-13(21)9-11-14/h4-11H,3,12H2,1-2H3. The Hall–Kier alpha value is -2.24. The fraction of sp³-hybridized carbons (Fsp3) is 0.200. The van der Waals surface area contributed by atoms with Crippen LogP contribution in [0.25, 0.3) is 5.57 Å². The molecule has 0 unspecified atom stereocenters. The van der Waals surface area contributed by atoms with Gasteiger partial charge in [-0.1, -0.05) is 48.5 Å². The molecule has 6 heteroatoms. The molecule has 0 saturated heterocycles. The van der Waals surface area contributed by atoms with E-state index in [2.05, 4.69) is 0 Å². The van der Waals surface area contributed by atoms with Crippen molar-refractivity contribution in [2.45, 2.75) is 18.2 Å². The van der Waals surface area contributed by atoms with Crippen LogP contribution < -0.4 is 4.74 Å². The van der Waals surface area contributed by atoms with Gasteiger partial charge in [0.15, 0.2) is 0 Å². The molecule has 1 heterocycles.